The smallest absolute Gasteiger partial charge is 0.315 e. The summed E-state index contributed by atoms with van der Waals surface area (Å²) >= 11 is 0. The van der Waals surface area contributed by atoms with Crippen LogP contribution in [0.5, 0.6) is 0 Å². The normalized spacial score (nSPS) is 20.7. The molecule has 0 bridgehead atoms. The van der Waals surface area contributed by atoms with Gasteiger partial charge < -0.3 is 10.6 Å². The van der Waals surface area contributed by atoms with Crippen molar-refractivity contribution >= 4 is 6.03 Å². The maximum absolute atomic E-state index is 12.0. The fourth-order valence-electron chi connectivity index (χ4n) is 5.09. The Morgan fingerprint density at radius 2 is 1.94 bits per heavy atom. The molecule has 172 valence electrons. The van der Waals surface area contributed by atoms with Crippen LogP contribution in [0, 0.1) is 24.2 Å². The van der Waals surface area contributed by atoms with E-state index < -0.39 is 0 Å². The van der Waals surface area contributed by atoms with E-state index in [2.05, 4.69) is 34.8 Å². The van der Waals surface area contributed by atoms with Gasteiger partial charge in [0.1, 0.15) is 0 Å². The van der Waals surface area contributed by atoms with Crippen molar-refractivity contribution in [2.24, 2.45) is 11.8 Å². The molecule has 3 nitrogen and oxygen atoms in total. The first kappa shape index (κ1) is 24.2. The lowest BCUT2D eigenvalue weighted by Gasteiger charge is -2.18. The van der Waals surface area contributed by atoms with Crippen LogP contribution in [0.25, 0.3) is 0 Å². The number of urea groups is 1. The van der Waals surface area contributed by atoms with E-state index in [1.54, 1.807) is 5.57 Å². The van der Waals surface area contributed by atoms with Gasteiger partial charge in [0.2, 0.25) is 0 Å². The van der Waals surface area contributed by atoms with E-state index in [1.165, 1.54) is 70.6 Å². The van der Waals surface area contributed by atoms with Gasteiger partial charge in [0.15, 0.2) is 0 Å². The summed E-state index contributed by atoms with van der Waals surface area (Å²) in [5.74, 6) is 4.45. The van der Waals surface area contributed by atoms with Crippen molar-refractivity contribution in [2.75, 3.05) is 6.54 Å². The third-order valence-electron chi connectivity index (χ3n) is 6.98. The molecule has 0 heterocycles. The molecule has 0 aliphatic heterocycles. The largest absolute Gasteiger partial charge is 0.338 e. The third-order valence-corrected chi connectivity index (χ3v) is 6.98. The summed E-state index contributed by atoms with van der Waals surface area (Å²) in [6.07, 6.45) is 28.1. The lowest BCUT2D eigenvalue weighted by molar-refractivity contribution is 0.240. The predicted molar refractivity (Wildman–Crippen MR) is 134 cm³/mol. The highest BCUT2D eigenvalue weighted by molar-refractivity contribution is 5.73. The van der Waals surface area contributed by atoms with Gasteiger partial charge in [-0.2, -0.15) is 0 Å². The number of benzene rings is 1. The predicted octanol–water partition coefficient (Wildman–Crippen LogP) is 6.89. The molecule has 2 aliphatic carbocycles. The van der Waals surface area contributed by atoms with Crippen LogP contribution in [0.15, 0.2) is 48.1 Å². The summed E-state index contributed by atoms with van der Waals surface area (Å²) in [6, 6.07) is 7.62. The maximum Gasteiger partial charge on any atom is 0.315 e. The summed E-state index contributed by atoms with van der Waals surface area (Å²) in [5, 5.41) is 5.88. The second kappa shape index (κ2) is 13.8. The lowest BCUT2D eigenvalue weighted by Crippen LogP contribution is -2.35. The summed E-state index contributed by atoms with van der Waals surface area (Å²) in [6.45, 7) is 1.24. The molecule has 3 rings (SSSR count). The number of hydrogen-bond acceptors (Lipinski definition) is 1. The Morgan fingerprint density at radius 1 is 1.06 bits per heavy atom. The van der Waals surface area contributed by atoms with Crippen LogP contribution in [0.1, 0.15) is 88.2 Å². The van der Waals surface area contributed by atoms with Gasteiger partial charge in [0.05, 0.1) is 0 Å². The van der Waals surface area contributed by atoms with Gasteiger partial charge in [0, 0.05) is 18.7 Å². The molecule has 0 saturated heterocycles. The molecule has 2 amide bonds. The average molecular weight is 433 g/mol. The summed E-state index contributed by atoms with van der Waals surface area (Å²) in [5.41, 5.74) is 3.54. The van der Waals surface area contributed by atoms with E-state index in [1.807, 2.05) is 24.3 Å². The van der Waals surface area contributed by atoms with E-state index in [0.717, 1.165) is 35.9 Å². The first-order valence-electron chi connectivity index (χ1n) is 12.6. The number of carbonyl (C=O) groups excluding carboxylic acids is 1. The number of rotatable bonds is 10. The summed E-state index contributed by atoms with van der Waals surface area (Å²) in [7, 11) is 0. The molecule has 2 aliphatic rings. The van der Waals surface area contributed by atoms with E-state index in [9.17, 15) is 4.79 Å². The van der Waals surface area contributed by atoms with Crippen molar-refractivity contribution in [1.82, 2.24) is 10.6 Å². The van der Waals surface area contributed by atoms with Crippen molar-refractivity contribution in [3.63, 3.8) is 0 Å². The highest BCUT2D eigenvalue weighted by Gasteiger charge is 2.19. The zero-order chi connectivity index (χ0) is 22.4. The summed E-state index contributed by atoms with van der Waals surface area (Å²) < 4.78 is 0. The minimum Gasteiger partial charge on any atom is -0.338 e. The Morgan fingerprint density at radius 3 is 2.78 bits per heavy atom. The third kappa shape index (κ3) is 8.95. The van der Waals surface area contributed by atoms with Crippen LogP contribution in [-0.4, -0.2) is 12.6 Å². The molecule has 2 N–H and O–H groups in total. The van der Waals surface area contributed by atoms with Crippen LogP contribution >= 0.6 is 0 Å². The molecule has 1 saturated carbocycles. The number of unbranched alkanes of at least 4 members (excludes halogenated alkanes) is 2. The van der Waals surface area contributed by atoms with Crippen LogP contribution in [-0.2, 0) is 6.54 Å². The van der Waals surface area contributed by atoms with Crippen LogP contribution in [0.2, 0.25) is 0 Å². The topological polar surface area (TPSA) is 41.1 Å². The van der Waals surface area contributed by atoms with E-state index in [4.69, 9.17) is 6.42 Å². The number of allylic oxidation sites excluding steroid dienone is 4. The SMILES string of the molecule is C#Cc1cccc(CNC(=O)NCCCCCC2CCCC(CC3=CC=CCC3)CC2)c1. The Bertz CT molecular complexity index is 817. The van der Waals surface area contributed by atoms with E-state index >= 15 is 0 Å². The highest BCUT2D eigenvalue weighted by Crippen LogP contribution is 2.34. The Labute approximate surface area is 195 Å². The molecule has 1 aromatic carbocycles. The molecular weight excluding hydrogens is 392 g/mol. The molecule has 2 unspecified atom stereocenters. The Balaban J connectivity index is 1.21. The van der Waals surface area contributed by atoms with Crippen LogP contribution < -0.4 is 10.6 Å². The molecule has 0 aromatic heterocycles. The number of amides is 2. The summed E-state index contributed by atoms with van der Waals surface area (Å²) in [4.78, 5) is 12.0. The molecule has 0 radical (unpaired) electrons. The van der Waals surface area contributed by atoms with Gasteiger partial charge in [-0.05, 0) is 61.6 Å². The Kier molecular flexibility index (Phi) is 10.5. The second-order valence-corrected chi connectivity index (χ2v) is 9.54. The first-order valence-corrected chi connectivity index (χ1v) is 12.6. The molecule has 3 heteroatoms. The standard InChI is InChI=1S/C29H40N2O/c1-2-24-14-9-17-28(21-24)23-31-29(32)30-20-8-4-7-11-25-15-10-16-27(19-18-25)22-26-12-5-3-6-13-26/h1,3,5,9,12,14,17,21,25,27H,4,6-8,10-11,13,15-16,18-20,22-23H2,(H2,30,31,32). The maximum atomic E-state index is 12.0. The van der Waals surface area contributed by atoms with Crippen molar-refractivity contribution in [2.45, 2.75) is 83.6 Å². The molecular formula is C29H40N2O. The fourth-order valence-corrected chi connectivity index (χ4v) is 5.09. The molecule has 0 spiro atoms. The van der Waals surface area contributed by atoms with E-state index in [0.29, 0.717) is 6.54 Å². The first-order chi connectivity index (χ1) is 15.7. The van der Waals surface area contributed by atoms with Crippen molar-refractivity contribution < 1.29 is 4.79 Å². The number of terminal acetylenes is 1. The van der Waals surface area contributed by atoms with Gasteiger partial charge >= 0.3 is 6.03 Å². The van der Waals surface area contributed by atoms with E-state index in [-0.39, 0.29) is 6.03 Å². The monoisotopic (exact) mass is 432 g/mol. The van der Waals surface area contributed by atoms with Gasteiger partial charge in [-0.25, -0.2) is 4.79 Å². The molecule has 1 fully saturated rings. The fraction of sp³-hybridized carbons (Fsp3) is 0.552. The minimum absolute atomic E-state index is 0.102. The molecule has 1 aromatic rings. The minimum atomic E-state index is -0.102. The van der Waals surface area contributed by atoms with Crippen molar-refractivity contribution in [3.05, 3.63) is 59.2 Å². The van der Waals surface area contributed by atoms with Gasteiger partial charge in [-0.15, -0.1) is 6.42 Å². The quantitative estimate of drug-likeness (QED) is 0.236. The number of nitrogens with one attached hydrogen (secondary N) is 2. The number of carbonyl (C=O) groups is 1. The van der Waals surface area contributed by atoms with Crippen LogP contribution in [0.3, 0.4) is 0 Å². The van der Waals surface area contributed by atoms with Crippen LogP contribution in [0.4, 0.5) is 4.79 Å². The molecule has 32 heavy (non-hydrogen) atoms. The lowest BCUT2D eigenvalue weighted by atomic mass is 9.88. The molecule has 2 atom stereocenters. The average Bonchev–Trinajstić information content (AvgIpc) is 3.05. The van der Waals surface area contributed by atoms with Gasteiger partial charge in [-0.1, -0.05) is 86.8 Å². The zero-order valence-electron chi connectivity index (χ0n) is 19.6. The van der Waals surface area contributed by atoms with Crippen molar-refractivity contribution in [1.29, 1.82) is 0 Å². The number of hydrogen-bond donors (Lipinski definition) is 2. The highest BCUT2D eigenvalue weighted by atomic mass is 16.2. The Hall–Kier alpha value is -2.47. The van der Waals surface area contributed by atoms with Gasteiger partial charge in [0.25, 0.3) is 0 Å². The van der Waals surface area contributed by atoms with Crippen molar-refractivity contribution in [3.8, 4) is 12.3 Å². The van der Waals surface area contributed by atoms with Gasteiger partial charge in [-0.3, -0.25) is 0 Å². The zero-order valence-corrected chi connectivity index (χ0v) is 19.6. The second-order valence-electron chi connectivity index (χ2n) is 9.54.